The second kappa shape index (κ2) is 10.2. The van der Waals surface area contributed by atoms with E-state index < -0.39 is 0 Å². The van der Waals surface area contributed by atoms with Crippen LogP contribution in [0.3, 0.4) is 0 Å². The molecule has 0 atom stereocenters. The van der Waals surface area contributed by atoms with Gasteiger partial charge in [-0.1, -0.05) is 25.1 Å². The van der Waals surface area contributed by atoms with Crippen LogP contribution in [0.5, 0.6) is 5.75 Å². The van der Waals surface area contributed by atoms with Crippen molar-refractivity contribution < 1.29 is 14.3 Å². The van der Waals surface area contributed by atoms with Gasteiger partial charge in [-0.15, -0.1) is 0 Å². The summed E-state index contributed by atoms with van der Waals surface area (Å²) in [7, 11) is 3.93. The molecule has 2 aromatic carbocycles. The first-order valence-electron chi connectivity index (χ1n) is 11.2. The minimum atomic E-state index is -0.369. The van der Waals surface area contributed by atoms with Crippen molar-refractivity contribution in [1.82, 2.24) is 9.88 Å². The van der Waals surface area contributed by atoms with Crippen LogP contribution in [0.15, 0.2) is 78.8 Å². The third-order valence-electron chi connectivity index (χ3n) is 5.50. The van der Waals surface area contributed by atoms with E-state index in [1.54, 1.807) is 18.5 Å². The number of hydrogen-bond donors (Lipinski definition) is 1. The Morgan fingerprint density at radius 2 is 1.71 bits per heavy atom. The lowest BCUT2D eigenvalue weighted by Crippen LogP contribution is -2.32. The summed E-state index contributed by atoms with van der Waals surface area (Å²) in [5.41, 5.74) is 3.80. The van der Waals surface area contributed by atoms with Crippen molar-refractivity contribution in [3.63, 3.8) is 0 Å². The molecule has 0 spiro atoms. The quantitative estimate of drug-likeness (QED) is 0.483. The largest absolute Gasteiger partial charge is 0.494 e. The van der Waals surface area contributed by atoms with Crippen LogP contribution in [0.25, 0.3) is 5.57 Å². The van der Waals surface area contributed by atoms with Gasteiger partial charge in [0.25, 0.3) is 11.8 Å². The van der Waals surface area contributed by atoms with Gasteiger partial charge in [0.05, 0.1) is 18.7 Å². The van der Waals surface area contributed by atoms with Crippen molar-refractivity contribution in [2.75, 3.05) is 30.9 Å². The number of ether oxygens (including phenoxy) is 1. The minimum absolute atomic E-state index is 0.150. The molecule has 1 aliphatic rings. The number of rotatable bonds is 9. The van der Waals surface area contributed by atoms with Crippen LogP contribution >= 0.6 is 0 Å². The van der Waals surface area contributed by atoms with Crippen molar-refractivity contribution in [1.29, 1.82) is 0 Å². The van der Waals surface area contributed by atoms with Gasteiger partial charge in [-0.25, -0.2) is 0 Å². The molecular formula is C27H28N4O3. The molecule has 2 amide bonds. The summed E-state index contributed by atoms with van der Waals surface area (Å²) in [5, 5.41) is 3.20. The number of amides is 2. The van der Waals surface area contributed by atoms with E-state index in [2.05, 4.69) is 10.3 Å². The third-order valence-corrected chi connectivity index (χ3v) is 5.50. The highest BCUT2D eigenvalue weighted by Gasteiger charge is 2.39. The number of anilines is 2. The average Bonchev–Trinajstić information content (AvgIpc) is 3.08. The Morgan fingerprint density at radius 3 is 2.32 bits per heavy atom. The third kappa shape index (κ3) is 4.93. The summed E-state index contributed by atoms with van der Waals surface area (Å²) < 4.78 is 5.67. The van der Waals surface area contributed by atoms with E-state index >= 15 is 0 Å². The summed E-state index contributed by atoms with van der Waals surface area (Å²) in [6.07, 6.45) is 4.22. The molecule has 1 aromatic heterocycles. The van der Waals surface area contributed by atoms with Crippen molar-refractivity contribution in [2.45, 2.75) is 19.9 Å². The summed E-state index contributed by atoms with van der Waals surface area (Å²) >= 11 is 0. The number of carbonyl (C=O) groups is 2. The minimum Gasteiger partial charge on any atom is -0.494 e. The Balaban J connectivity index is 1.68. The van der Waals surface area contributed by atoms with E-state index in [-0.39, 0.29) is 24.1 Å². The smallest absolute Gasteiger partial charge is 0.278 e. The maximum Gasteiger partial charge on any atom is 0.278 e. The summed E-state index contributed by atoms with van der Waals surface area (Å²) in [4.78, 5) is 34.2. The number of pyridine rings is 1. The van der Waals surface area contributed by atoms with E-state index in [0.717, 1.165) is 29.1 Å². The van der Waals surface area contributed by atoms with Gasteiger partial charge in [-0.2, -0.15) is 0 Å². The van der Waals surface area contributed by atoms with E-state index in [4.69, 9.17) is 4.74 Å². The van der Waals surface area contributed by atoms with Gasteiger partial charge in [0.2, 0.25) is 0 Å². The van der Waals surface area contributed by atoms with Crippen LogP contribution in [0.4, 0.5) is 11.4 Å². The Bertz CT molecular complexity index is 1190. The van der Waals surface area contributed by atoms with Crippen LogP contribution in [-0.4, -0.2) is 42.4 Å². The standard InChI is InChI=1S/C27H28N4O3/c1-4-16-34-23-13-7-20(8-14-23)24-25(29-21-9-11-22(12-10-21)30(2)3)27(33)31(26(24)32)18-19-6-5-15-28-17-19/h5-15,17,29H,4,16,18H2,1-3H3. The predicted octanol–water partition coefficient (Wildman–Crippen LogP) is 4.33. The zero-order valence-electron chi connectivity index (χ0n) is 19.6. The van der Waals surface area contributed by atoms with Crippen LogP contribution < -0.4 is 15.0 Å². The number of carbonyl (C=O) groups excluding carboxylic acids is 2. The van der Waals surface area contributed by atoms with Crippen LogP contribution in [0.1, 0.15) is 24.5 Å². The lowest BCUT2D eigenvalue weighted by Gasteiger charge is -2.16. The van der Waals surface area contributed by atoms with Gasteiger partial charge in [0.15, 0.2) is 0 Å². The fourth-order valence-electron chi connectivity index (χ4n) is 3.70. The molecule has 1 aliphatic heterocycles. The average molecular weight is 457 g/mol. The van der Waals surface area contributed by atoms with Gasteiger partial charge < -0.3 is 15.0 Å². The van der Waals surface area contributed by atoms with Crippen molar-refractivity contribution in [3.8, 4) is 5.75 Å². The van der Waals surface area contributed by atoms with E-state index in [1.807, 2.05) is 80.5 Å². The second-order valence-corrected chi connectivity index (χ2v) is 8.25. The highest BCUT2D eigenvalue weighted by molar-refractivity contribution is 6.36. The molecule has 0 saturated heterocycles. The zero-order valence-corrected chi connectivity index (χ0v) is 19.6. The fourth-order valence-corrected chi connectivity index (χ4v) is 3.70. The number of hydrogen-bond acceptors (Lipinski definition) is 6. The SMILES string of the molecule is CCCOc1ccc(C2=C(Nc3ccc(N(C)C)cc3)C(=O)N(Cc3cccnc3)C2=O)cc1. The lowest BCUT2D eigenvalue weighted by atomic mass is 10.0. The van der Waals surface area contributed by atoms with E-state index in [1.165, 1.54) is 4.90 Å². The van der Waals surface area contributed by atoms with Gasteiger partial charge >= 0.3 is 0 Å². The van der Waals surface area contributed by atoms with Crippen molar-refractivity contribution in [3.05, 3.63) is 89.9 Å². The molecule has 174 valence electrons. The molecule has 7 heteroatoms. The number of nitrogens with zero attached hydrogens (tertiary/aromatic N) is 3. The van der Waals surface area contributed by atoms with Crippen molar-refractivity contribution >= 4 is 28.8 Å². The zero-order chi connectivity index (χ0) is 24.1. The second-order valence-electron chi connectivity index (χ2n) is 8.25. The molecule has 0 radical (unpaired) electrons. The molecule has 0 aliphatic carbocycles. The Hall–Kier alpha value is -4.13. The highest BCUT2D eigenvalue weighted by atomic mass is 16.5. The van der Waals surface area contributed by atoms with Gasteiger partial charge in [0.1, 0.15) is 11.4 Å². The Labute approximate surface area is 199 Å². The number of nitrogens with one attached hydrogen (secondary N) is 1. The first-order chi connectivity index (χ1) is 16.5. The Kier molecular flexibility index (Phi) is 6.92. The predicted molar refractivity (Wildman–Crippen MR) is 133 cm³/mol. The molecule has 0 saturated carbocycles. The molecule has 2 heterocycles. The normalized spacial score (nSPS) is 13.4. The molecule has 7 nitrogen and oxygen atoms in total. The summed E-state index contributed by atoms with van der Waals surface area (Å²) in [6.45, 7) is 2.81. The van der Waals surface area contributed by atoms with E-state index in [9.17, 15) is 9.59 Å². The van der Waals surface area contributed by atoms with Crippen LogP contribution in [0.2, 0.25) is 0 Å². The molecule has 1 N–H and O–H groups in total. The molecule has 0 bridgehead atoms. The number of benzene rings is 2. The molecule has 34 heavy (non-hydrogen) atoms. The first-order valence-corrected chi connectivity index (χ1v) is 11.2. The maximum absolute atomic E-state index is 13.5. The van der Waals surface area contributed by atoms with Gasteiger partial charge in [-0.05, 0) is 60.0 Å². The lowest BCUT2D eigenvalue weighted by molar-refractivity contribution is -0.137. The maximum atomic E-state index is 13.5. The Morgan fingerprint density at radius 1 is 0.971 bits per heavy atom. The van der Waals surface area contributed by atoms with E-state index in [0.29, 0.717) is 17.7 Å². The monoisotopic (exact) mass is 456 g/mol. The molecule has 3 aromatic rings. The topological polar surface area (TPSA) is 74.8 Å². The molecule has 4 rings (SSSR count). The summed E-state index contributed by atoms with van der Waals surface area (Å²) in [5.74, 6) is 0.0133. The molecular weight excluding hydrogens is 428 g/mol. The summed E-state index contributed by atoms with van der Waals surface area (Å²) in [6, 6.07) is 18.6. The fraction of sp³-hybridized carbons (Fsp3) is 0.222. The highest BCUT2D eigenvalue weighted by Crippen LogP contribution is 2.32. The molecule has 0 fully saturated rings. The number of aromatic nitrogens is 1. The van der Waals surface area contributed by atoms with Crippen LogP contribution in [-0.2, 0) is 16.1 Å². The van der Waals surface area contributed by atoms with Crippen molar-refractivity contribution in [2.24, 2.45) is 0 Å². The number of imide groups is 1. The van der Waals surface area contributed by atoms with Gasteiger partial charge in [0, 0.05) is 37.9 Å². The first kappa shape index (κ1) is 23.0. The van der Waals surface area contributed by atoms with Gasteiger partial charge in [-0.3, -0.25) is 19.5 Å². The molecule has 0 unspecified atom stereocenters. The van der Waals surface area contributed by atoms with Crippen LogP contribution in [0, 0.1) is 0 Å².